The first-order valence-corrected chi connectivity index (χ1v) is 10.7. The molecule has 2 aliphatic rings. The van der Waals surface area contributed by atoms with E-state index in [9.17, 15) is 0 Å². The molecule has 1 unspecified atom stereocenters. The quantitative estimate of drug-likeness (QED) is 0.596. The van der Waals surface area contributed by atoms with Crippen molar-refractivity contribution in [3.8, 4) is 0 Å². The summed E-state index contributed by atoms with van der Waals surface area (Å²) in [7, 11) is 0. The molecule has 5 heteroatoms. The summed E-state index contributed by atoms with van der Waals surface area (Å²) in [5.74, 6) is 1.64. The molecule has 0 aromatic heterocycles. The van der Waals surface area contributed by atoms with Gasteiger partial charge in [-0.1, -0.05) is 18.2 Å². The number of para-hydroxylation sites is 1. The Morgan fingerprint density at radius 3 is 2.52 bits per heavy atom. The van der Waals surface area contributed by atoms with Crippen LogP contribution in [0.15, 0.2) is 35.3 Å². The Morgan fingerprint density at radius 1 is 1.11 bits per heavy atom. The molecule has 3 rings (SSSR count). The molecular weight excluding hydrogens is 334 g/mol. The van der Waals surface area contributed by atoms with Crippen molar-refractivity contribution in [1.82, 2.24) is 15.5 Å². The van der Waals surface area contributed by atoms with Crippen LogP contribution in [0.2, 0.25) is 0 Å². The maximum Gasteiger partial charge on any atom is 0.191 e. The Bertz CT molecular complexity index is 578. The van der Waals surface area contributed by atoms with Gasteiger partial charge < -0.3 is 20.4 Å². The fourth-order valence-electron chi connectivity index (χ4n) is 4.15. The van der Waals surface area contributed by atoms with Crippen LogP contribution in [-0.2, 0) is 0 Å². The maximum absolute atomic E-state index is 4.93. The standard InChI is InChI=1S/C22H37N5/c1-4-23-22(25-20-11-14-26(15-12-20)18(2)3)24-16-19-10-13-27(17-19)21-8-6-5-7-9-21/h5-9,18-20H,4,10-17H2,1-3H3,(H2,23,24,25). The lowest BCUT2D eigenvalue weighted by atomic mass is 10.0. The van der Waals surface area contributed by atoms with Gasteiger partial charge in [-0.25, -0.2) is 0 Å². The molecule has 0 spiro atoms. The minimum absolute atomic E-state index is 0.544. The SMILES string of the molecule is CCNC(=NCC1CCN(c2ccccc2)C1)NC1CCN(C(C)C)CC1. The summed E-state index contributed by atoms with van der Waals surface area (Å²) < 4.78 is 0. The van der Waals surface area contributed by atoms with Gasteiger partial charge in [-0.2, -0.15) is 0 Å². The summed E-state index contributed by atoms with van der Waals surface area (Å²) in [6, 6.07) is 11.9. The highest BCUT2D eigenvalue weighted by atomic mass is 15.2. The monoisotopic (exact) mass is 371 g/mol. The third-order valence-corrected chi connectivity index (χ3v) is 5.86. The van der Waals surface area contributed by atoms with Gasteiger partial charge >= 0.3 is 0 Å². The molecule has 0 aliphatic carbocycles. The van der Waals surface area contributed by atoms with Gasteiger partial charge in [0, 0.05) is 57.0 Å². The van der Waals surface area contributed by atoms with Gasteiger partial charge in [-0.15, -0.1) is 0 Å². The van der Waals surface area contributed by atoms with E-state index in [1.165, 1.54) is 38.0 Å². The topological polar surface area (TPSA) is 42.9 Å². The highest BCUT2D eigenvalue weighted by molar-refractivity contribution is 5.80. The number of nitrogens with zero attached hydrogens (tertiary/aromatic N) is 3. The van der Waals surface area contributed by atoms with Crippen LogP contribution in [0.1, 0.15) is 40.0 Å². The number of likely N-dealkylation sites (tertiary alicyclic amines) is 1. The van der Waals surface area contributed by atoms with E-state index in [4.69, 9.17) is 4.99 Å². The first-order valence-electron chi connectivity index (χ1n) is 10.7. The second kappa shape index (κ2) is 9.98. The zero-order chi connectivity index (χ0) is 19.1. The molecule has 2 fully saturated rings. The van der Waals surface area contributed by atoms with Crippen molar-refractivity contribution in [3.63, 3.8) is 0 Å². The number of benzene rings is 1. The molecule has 2 saturated heterocycles. The highest BCUT2D eigenvalue weighted by Gasteiger charge is 2.24. The molecule has 5 nitrogen and oxygen atoms in total. The lowest BCUT2D eigenvalue weighted by Crippen LogP contribution is -2.50. The molecule has 1 atom stereocenters. The average molecular weight is 372 g/mol. The number of rotatable bonds is 6. The minimum atomic E-state index is 0.544. The molecule has 150 valence electrons. The van der Waals surface area contributed by atoms with Crippen molar-refractivity contribution in [2.75, 3.05) is 44.2 Å². The van der Waals surface area contributed by atoms with E-state index in [2.05, 4.69) is 71.5 Å². The van der Waals surface area contributed by atoms with Crippen molar-refractivity contribution in [1.29, 1.82) is 0 Å². The molecule has 1 aromatic carbocycles. The predicted molar refractivity (Wildman–Crippen MR) is 116 cm³/mol. The predicted octanol–water partition coefficient (Wildman–Crippen LogP) is 2.94. The number of anilines is 1. The van der Waals surface area contributed by atoms with Crippen LogP contribution in [-0.4, -0.2) is 62.2 Å². The molecule has 1 aromatic rings. The summed E-state index contributed by atoms with van der Waals surface area (Å²) in [4.78, 5) is 9.98. The highest BCUT2D eigenvalue weighted by Crippen LogP contribution is 2.23. The lowest BCUT2D eigenvalue weighted by molar-refractivity contribution is 0.167. The van der Waals surface area contributed by atoms with Crippen LogP contribution < -0.4 is 15.5 Å². The summed E-state index contributed by atoms with van der Waals surface area (Å²) in [6.45, 7) is 13.2. The van der Waals surface area contributed by atoms with Crippen LogP contribution in [0.5, 0.6) is 0 Å². The maximum atomic E-state index is 4.93. The zero-order valence-electron chi connectivity index (χ0n) is 17.3. The smallest absolute Gasteiger partial charge is 0.191 e. The van der Waals surface area contributed by atoms with E-state index in [0.29, 0.717) is 18.0 Å². The van der Waals surface area contributed by atoms with Gasteiger partial charge in [0.05, 0.1) is 0 Å². The summed E-state index contributed by atoms with van der Waals surface area (Å²) in [6.07, 6.45) is 3.63. The van der Waals surface area contributed by atoms with Crippen LogP contribution in [0.25, 0.3) is 0 Å². The molecule has 27 heavy (non-hydrogen) atoms. The van der Waals surface area contributed by atoms with Gasteiger partial charge in [0.15, 0.2) is 5.96 Å². The fourth-order valence-corrected chi connectivity index (χ4v) is 4.15. The van der Waals surface area contributed by atoms with E-state index in [1.54, 1.807) is 0 Å². The normalized spacial score (nSPS) is 22.4. The third-order valence-electron chi connectivity index (χ3n) is 5.86. The van der Waals surface area contributed by atoms with E-state index in [-0.39, 0.29) is 0 Å². The first-order chi connectivity index (χ1) is 13.2. The number of nitrogens with one attached hydrogen (secondary N) is 2. The summed E-state index contributed by atoms with van der Waals surface area (Å²) >= 11 is 0. The van der Waals surface area contributed by atoms with Crippen molar-refractivity contribution in [3.05, 3.63) is 30.3 Å². The van der Waals surface area contributed by atoms with E-state index in [0.717, 1.165) is 32.1 Å². The van der Waals surface area contributed by atoms with Crippen molar-refractivity contribution in [2.24, 2.45) is 10.9 Å². The Kier molecular flexibility index (Phi) is 7.39. The second-order valence-electron chi connectivity index (χ2n) is 8.20. The van der Waals surface area contributed by atoms with Gasteiger partial charge in [-0.05, 0) is 58.1 Å². The Hall–Kier alpha value is -1.75. The van der Waals surface area contributed by atoms with Crippen molar-refractivity contribution < 1.29 is 0 Å². The summed E-state index contributed by atoms with van der Waals surface area (Å²) in [5, 5.41) is 7.12. The van der Waals surface area contributed by atoms with Crippen LogP contribution >= 0.6 is 0 Å². The Labute approximate surface area is 165 Å². The van der Waals surface area contributed by atoms with Crippen molar-refractivity contribution in [2.45, 2.75) is 52.1 Å². The van der Waals surface area contributed by atoms with Gasteiger partial charge in [0.2, 0.25) is 0 Å². The zero-order valence-corrected chi connectivity index (χ0v) is 17.3. The van der Waals surface area contributed by atoms with E-state index in [1.807, 2.05) is 0 Å². The molecule has 0 amide bonds. The largest absolute Gasteiger partial charge is 0.371 e. The third kappa shape index (κ3) is 5.86. The van der Waals surface area contributed by atoms with Crippen LogP contribution in [0, 0.1) is 5.92 Å². The van der Waals surface area contributed by atoms with Crippen molar-refractivity contribution >= 4 is 11.6 Å². The second-order valence-corrected chi connectivity index (χ2v) is 8.20. The molecule has 2 aliphatic heterocycles. The Balaban J connectivity index is 1.48. The number of piperidine rings is 1. The number of aliphatic imine (C=N–C) groups is 1. The van der Waals surface area contributed by atoms with Crippen LogP contribution in [0.3, 0.4) is 0 Å². The number of hydrogen-bond acceptors (Lipinski definition) is 3. The van der Waals surface area contributed by atoms with E-state index < -0.39 is 0 Å². The fraction of sp³-hybridized carbons (Fsp3) is 0.682. The van der Waals surface area contributed by atoms with Gasteiger partial charge in [0.25, 0.3) is 0 Å². The van der Waals surface area contributed by atoms with Gasteiger partial charge in [0.1, 0.15) is 0 Å². The number of guanidine groups is 1. The minimum Gasteiger partial charge on any atom is -0.371 e. The van der Waals surface area contributed by atoms with Crippen LogP contribution in [0.4, 0.5) is 5.69 Å². The molecule has 2 N–H and O–H groups in total. The molecule has 0 bridgehead atoms. The molecule has 2 heterocycles. The summed E-state index contributed by atoms with van der Waals surface area (Å²) in [5.41, 5.74) is 1.34. The molecule has 0 radical (unpaired) electrons. The average Bonchev–Trinajstić information content (AvgIpc) is 3.16. The molecular formula is C22H37N5. The lowest BCUT2D eigenvalue weighted by Gasteiger charge is -2.35. The Morgan fingerprint density at radius 2 is 1.85 bits per heavy atom. The van der Waals surface area contributed by atoms with E-state index >= 15 is 0 Å². The molecule has 0 saturated carbocycles. The van der Waals surface area contributed by atoms with Gasteiger partial charge in [-0.3, -0.25) is 4.99 Å². The first kappa shape index (κ1) is 20.0. The number of hydrogen-bond donors (Lipinski definition) is 2.